The quantitative estimate of drug-likeness (QED) is 0.803. The first-order valence-electron chi connectivity index (χ1n) is 7.28. The molecule has 2 rings (SSSR count). The molecule has 0 aliphatic heterocycles. The van der Waals surface area contributed by atoms with Crippen LogP contribution in [0.4, 0.5) is 8.78 Å². The van der Waals surface area contributed by atoms with Gasteiger partial charge in [-0.3, -0.25) is 4.79 Å². The highest BCUT2D eigenvalue weighted by molar-refractivity contribution is 5.98. The zero-order chi connectivity index (χ0) is 17.0. The number of phenols is 1. The van der Waals surface area contributed by atoms with E-state index in [9.17, 15) is 18.7 Å². The van der Waals surface area contributed by atoms with Crippen LogP contribution in [0.25, 0.3) is 0 Å². The van der Waals surface area contributed by atoms with Crippen LogP contribution in [0.15, 0.2) is 42.5 Å². The number of carbonyl (C=O) groups is 1. The fraction of sp³-hybridized carbons (Fsp3) is 0.278. The molecule has 0 aliphatic carbocycles. The maximum Gasteiger partial charge on any atom is 0.167 e. The van der Waals surface area contributed by atoms with Crippen molar-refractivity contribution in [2.75, 3.05) is 20.6 Å². The minimum atomic E-state index is -0.920. The molecule has 1 unspecified atom stereocenters. The molecule has 0 saturated carbocycles. The zero-order valence-electron chi connectivity index (χ0n) is 13.5. The molecule has 130 valence electrons. The number of phenolic OH excluding ortho intramolecular Hbond substituents is 1. The van der Waals surface area contributed by atoms with E-state index in [1.165, 1.54) is 18.2 Å². The van der Waals surface area contributed by atoms with Gasteiger partial charge in [0.25, 0.3) is 0 Å². The van der Waals surface area contributed by atoms with Crippen molar-refractivity contribution in [3.8, 4) is 5.75 Å². The van der Waals surface area contributed by atoms with Gasteiger partial charge in [-0.05, 0) is 50.3 Å². The molecule has 0 saturated heterocycles. The summed E-state index contributed by atoms with van der Waals surface area (Å²) in [7, 11) is 3.68. The largest absolute Gasteiger partial charge is 0.508 e. The van der Waals surface area contributed by atoms with E-state index < -0.39 is 17.6 Å². The van der Waals surface area contributed by atoms with Crippen LogP contribution < -0.4 is 0 Å². The van der Waals surface area contributed by atoms with Crippen LogP contribution in [0.3, 0.4) is 0 Å². The molecule has 2 aromatic rings. The molecule has 0 amide bonds. The molecule has 2 aromatic carbocycles. The van der Waals surface area contributed by atoms with Crippen molar-refractivity contribution >= 4 is 18.2 Å². The first-order valence-corrected chi connectivity index (χ1v) is 7.28. The minimum Gasteiger partial charge on any atom is -0.508 e. The summed E-state index contributed by atoms with van der Waals surface area (Å²) in [5, 5.41) is 9.53. The van der Waals surface area contributed by atoms with E-state index in [4.69, 9.17) is 0 Å². The Morgan fingerprint density at radius 3 is 2.42 bits per heavy atom. The minimum absolute atomic E-state index is 0. The average Bonchev–Trinajstić information content (AvgIpc) is 2.49. The second-order valence-corrected chi connectivity index (χ2v) is 5.83. The molecule has 24 heavy (non-hydrogen) atoms. The number of nitrogens with zero attached hydrogens (tertiary/aromatic N) is 1. The lowest BCUT2D eigenvalue weighted by Gasteiger charge is -2.20. The normalized spacial score (nSPS) is 11.9. The summed E-state index contributed by atoms with van der Waals surface area (Å²) in [6.45, 7) is 0.466. The molecule has 0 heterocycles. The van der Waals surface area contributed by atoms with Gasteiger partial charge in [-0.25, -0.2) is 8.78 Å². The van der Waals surface area contributed by atoms with Crippen molar-refractivity contribution in [2.24, 2.45) is 5.92 Å². The van der Waals surface area contributed by atoms with E-state index in [0.29, 0.717) is 24.1 Å². The van der Waals surface area contributed by atoms with Gasteiger partial charge in [0.2, 0.25) is 0 Å². The fourth-order valence-electron chi connectivity index (χ4n) is 2.53. The smallest absolute Gasteiger partial charge is 0.167 e. The molecular weight excluding hydrogens is 336 g/mol. The van der Waals surface area contributed by atoms with E-state index in [1.54, 1.807) is 12.1 Å². The van der Waals surface area contributed by atoms with Crippen molar-refractivity contribution in [1.82, 2.24) is 4.90 Å². The number of ketones is 1. The molecule has 0 bridgehead atoms. The lowest BCUT2D eigenvalue weighted by atomic mass is 9.90. The van der Waals surface area contributed by atoms with Gasteiger partial charge in [0, 0.05) is 18.0 Å². The summed E-state index contributed by atoms with van der Waals surface area (Å²) in [6, 6.07) is 9.81. The van der Waals surface area contributed by atoms with E-state index in [0.717, 1.165) is 12.1 Å². The van der Waals surface area contributed by atoms with Crippen molar-refractivity contribution in [3.63, 3.8) is 0 Å². The highest BCUT2D eigenvalue weighted by Crippen LogP contribution is 2.20. The summed E-state index contributed by atoms with van der Waals surface area (Å²) in [5.74, 6) is -2.36. The average molecular weight is 356 g/mol. The van der Waals surface area contributed by atoms with E-state index in [2.05, 4.69) is 0 Å². The lowest BCUT2D eigenvalue weighted by Crippen LogP contribution is -2.29. The van der Waals surface area contributed by atoms with Gasteiger partial charge in [-0.2, -0.15) is 0 Å². The van der Waals surface area contributed by atoms with Crippen LogP contribution in [0.5, 0.6) is 5.75 Å². The maximum absolute atomic E-state index is 13.4. The topological polar surface area (TPSA) is 40.5 Å². The molecule has 3 nitrogen and oxygen atoms in total. The monoisotopic (exact) mass is 355 g/mol. The lowest BCUT2D eigenvalue weighted by molar-refractivity contribution is 0.0896. The standard InChI is InChI=1S/C18H19F2NO2.ClH/c1-21(2)11-14(8-12-6-7-16(19)17(20)9-12)18(23)13-4-3-5-15(22)10-13;/h3-7,9-10,14,22H,8,11H2,1-2H3;1H. The second-order valence-electron chi connectivity index (χ2n) is 5.83. The van der Waals surface area contributed by atoms with Crippen molar-refractivity contribution in [2.45, 2.75) is 6.42 Å². The first kappa shape index (κ1) is 20.1. The highest BCUT2D eigenvalue weighted by Gasteiger charge is 2.22. The predicted molar refractivity (Wildman–Crippen MR) is 91.8 cm³/mol. The SMILES string of the molecule is CN(C)CC(Cc1ccc(F)c(F)c1)C(=O)c1cccc(O)c1.Cl. The summed E-state index contributed by atoms with van der Waals surface area (Å²) in [6.07, 6.45) is 0.296. The van der Waals surface area contributed by atoms with E-state index in [-0.39, 0.29) is 23.9 Å². The van der Waals surface area contributed by atoms with Crippen molar-refractivity contribution in [3.05, 3.63) is 65.2 Å². The number of Topliss-reactive ketones (excluding diaryl/α,β-unsaturated/α-hetero) is 1. The number of aromatic hydroxyl groups is 1. The van der Waals surface area contributed by atoms with Crippen LogP contribution in [-0.2, 0) is 6.42 Å². The van der Waals surface area contributed by atoms with Gasteiger partial charge < -0.3 is 10.0 Å². The number of halogens is 3. The van der Waals surface area contributed by atoms with Crippen LogP contribution >= 0.6 is 12.4 Å². The Morgan fingerprint density at radius 2 is 1.83 bits per heavy atom. The fourth-order valence-corrected chi connectivity index (χ4v) is 2.53. The van der Waals surface area contributed by atoms with Crippen LogP contribution in [-0.4, -0.2) is 36.4 Å². The molecule has 0 aromatic heterocycles. The Kier molecular flexibility index (Phi) is 7.32. The number of rotatable bonds is 6. The van der Waals surface area contributed by atoms with Crippen LogP contribution in [0.1, 0.15) is 15.9 Å². The maximum atomic E-state index is 13.4. The predicted octanol–water partition coefficient (Wildman–Crippen LogP) is 3.70. The van der Waals surface area contributed by atoms with Gasteiger partial charge >= 0.3 is 0 Å². The molecule has 6 heteroatoms. The van der Waals surface area contributed by atoms with Gasteiger partial charge in [-0.15, -0.1) is 12.4 Å². The molecule has 0 radical (unpaired) electrons. The highest BCUT2D eigenvalue weighted by atomic mass is 35.5. The van der Waals surface area contributed by atoms with Gasteiger partial charge in [0.05, 0.1) is 0 Å². The third kappa shape index (κ3) is 5.28. The third-order valence-corrected chi connectivity index (χ3v) is 3.55. The second kappa shape index (κ2) is 8.76. The Hall–Kier alpha value is -1.98. The summed E-state index contributed by atoms with van der Waals surface area (Å²) in [5.41, 5.74) is 0.962. The Bertz CT molecular complexity index is 707. The van der Waals surface area contributed by atoms with Gasteiger partial charge in [0.1, 0.15) is 5.75 Å². The van der Waals surface area contributed by atoms with Crippen molar-refractivity contribution < 1.29 is 18.7 Å². The zero-order valence-corrected chi connectivity index (χ0v) is 14.3. The van der Waals surface area contributed by atoms with E-state index >= 15 is 0 Å². The Labute approximate surface area is 146 Å². The third-order valence-electron chi connectivity index (χ3n) is 3.55. The number of carbonyl (C=O) groups excluding carboxylic acids is 1. The van der Waals surface area contributed by atoms with E-state index in [1.807, 2.05) is 19.0 Å². The van der Waals surface area contributed by atoms with Crippen LogP contribution in [0.2, 0.25) is 0 Å². The molecule has 0 spiro atoms. The summed E-state index contributed by atoms with van der Waals surface area (Å²) in [4.78, 5) is 14.5. The molecule has 0 aliphatic rings. The Morgan fingerprint density at radius 1 is 1.12 bits per heavy atom. The summed E-state index contributed by atoms with van der Waals surface area (Å²) < 4.78 is 26.4. The molecular formula is C18H20ClF2NO2. The summed E-state index contributed by atoms with van der Waals surface area (Å²) >= 11 is 0. The number of hydrogen-bond donors (Lipinski definition) is 1. The number of benzene rings is 2. The van der Waals surface area contributed by atoms with Crippen LogP contribution in [0, 0.1) is 17.6 Å². The molecule has 0 fully saturated rings. The number of hydrogen-bond acceptors (Lipinski definition) is 3. The van der Waals surface area contributed by atoms with Crippen molar-refractivity contribution in [1.29, 1.82) is 0 Å². The first-order chi connectivity index (χ1) is 10.9. The molecule has 1 atom stereocenters. The molecule has 1 N–H and O–H groups in total. The Balaban J connectivity index is 0.00000288. The van der Waals surface area contributed by atoms with Gasteiger partial charge in [0.15, 0.2) is 17.4 Å². The van der Waals surface area contributed by atoms with Gasteiger partial charge in [-0.1, -0.05) is 18.2 Å².